The number of aromatic nitrogens is 2. The summed E-state index contributed by atoms with van der Waals surface area (Å²) in [5, 5.41) is 9.26. The van der Waals surface area contributed by atoms with Crippen LogP contribution in [-0.2, 0) is 6.42 Å². The van der Waals surface area contributed by atoms with Gasteiger partial charge in [-0.25, -0.2) is 9.97 Å². The molecule has 1 heterocycles. The number of hydrogen-bond acceptors (Lipinski definition) is 3. The van der Waals surface area contributed by atoms with E-state index in [0.717, 1.165) is 12.0 Å². The minimum Gasteiger partial charge on any atom is -0.244 e. The lowest BCUT2D eigenvalue weighted by Crippen LogP contribution is -2.20. The predicted octanol–water partition coefficient (Wildman–Crippen LogP) is 3.06. The van der Waals surface area contributed by atoms with Gasteiger partial charge in [-0.3, -0.25) is 0 Å². The summed E-state index contributed by atoms with van der Waals surface area (Å²) in [6.45, 7) is 4.48. The molecule has 1 aromatic carbocycles. The van der Waals surface area contributed by atoms with E-state index in [1.807, 2.05) is 0 Å². The van der Waals surface area contributed by atoms with Crippen LogP contribution >= 0.6 is 0 Å². The second-order valence-electron chi connectivity index (χ2n) is 5.74. The molecule has 1 aliphatic carbocycles. The lowest BCUT2D eigenvalue weighted by molar-refractivity contribution is 0.345. The summed E-state index contributed by atoms with van der Waals surface area (Å²) >= 11 is 0. The molecule has 19 heavy (non-hydrogen) atoms. The van der Waals surface area contributed by atoms with Gasteiger partial charge in [0.05, 0.1) is 0 Å². The molecule has 2 aromatic rings. The summed E-state index contributed by atoms with van der Waals surface area (Å²) in [5.41, 5.74) is 4.19. The Labute approximate surface area is 113 Å². The van der Waals surface area contributed by atoms with Crippen molar-refractivity contribution in [1.29, 1.82) is 5.26 Å². The van der Waals surface area contributed by atoms with Gasteiger partial charge >= 0.3 is 0 Å². The minimum absolute atomic E-state index is 0.0833. The van der Waals surface area contributed by atoms with Gasteiger partial charge < -0.3 is 0 Å². The molecule has 0 amide bonds. The van der Waals surface area contributed by atoms with E-state index in [1.165, 1.54) is 17.5 Å². The standard InChI is InChI=1S/C16H15N3/c1-16(2)7-11-5-3-4-6-12(11)15(16)13-9-18-10-19-14(13)8-17/h3-6,9-10,15H,7H2,1-2H3. The van der Waals surface area contributed by atoms with Gasteiger partial charge in [0.15, 0.2) is 0 Å². The van der Waals surface area contributed by atoms with Crippen LogP contribution in [0.3, 0.4) is 0 Å². The summed E-state index contributed by atoms with van der Waals surface area (Å²) in [4.78, 5) is 8.22. The van der Waals surface area contributed by atoms with Crippen molar-refractivity contribution in [2.24, 2.45) is 5.41 Å². The van der Waals surface area contributed by atoms with E-state index in [1.54, 1.807) is 6.20 Å². The first-order chi connectivity index (χ1) is 9.13. The van der Waals surface area contributed by atoms with E-state index in [9.17, 15) is 5.26 Å². The van der Waals surface area contributed by atoms with Crippen LogP contribution in [0.25, 0.3) is 0 Å². The van der Waals surface area contributed by atoms with Crippen LogP contribution < -0.4 is 0 Å². The number of fused-ring (bicyclic) bond motifs is 1. The van der Waals surface area contributed by atoms with E-state index >= 15 is 0 Å². The zero-order chi connectivity index (χ0) is 13.5. The van der Waals surface area contributed by atoms with Crippen LogP contribution in [0.4, 0.5) is 0 Å². The first-order valence-corrected chi connectivity index (χ1v) is 6.41. The van der Waals surface area contributed by atoms with Gasteiger partial charge in [-0.15, -0.1) is 0 Å². The molecular weight excluding hydrogens is 234 g/mol. The lowest BCUT2D eigenvalue weighted by atomic mass is 9.75. The van der Waals surface area contributed by atoms with Crippen molar-refractivity contribution in [2.75, 3.05) is 0 Å². The van der Waals surface area contributed by atoms with Crippen LogP contribution in [0.15, 0.2) is 36.8 Å². The largest absolute Gasteiger partial charge is 0.244 e. The van der Waals surface area contributed by atoms with Crippen LogP contribution in [-0.4, -0.2) is 9.97 Å². The molecule has 0 saturated heterocycles. The molecule has 0 N–H and O–H groups in total. The third-order valence-electron chi connectivity index (χ3n) is 3.95. The summed E-state index contributed by atoms with van der Waals surface area (Å²) in [7, 11) is 0. The number of nitriles is 1. The molecule has 1 unspecified atom stereocenters. The summed E-state index contributed by atoms with van der Waals surface area (Å²) in [5.74, 6) is 0.194. The van der Waals surface area contributed by atoms with Gasteiger partial charge in [-0.1, -0.05) is 38.1 Å². The summed E-state index contributed by atoms with van der Waals surface area (Å²) in [6.07, 6.45) is 4.25. The Balaban J connectivity index is 2.21. The molecule has 0 spiro atoms. The zero-order valence-electron chi connectivity index (χ0n) is 11.1. The van der Waals surface area contributed by atoms with Gasteiger partial charge in [0, 0.05) is 17.7 Å². The molecule has 0 saturated carbocycles. The SMILES string of the molecule is CC1(C)Cc2ccccc2C1c1cncnc1C#N. The fraction of sp³-hybridized carbons (Fsp3) is 0.312. The first-order valence-electron chi connectivity index (χ1n) is 6.41. The van der Waals surface area contributed by atoms with Crippen LogP contribution in [0.5, 0.6) is 0 Å². The fourth-order valence-electron chi connectivity index (χ4n) is 3.22. The van der Waals surface area contributed by atoms with Crippen molar-refractivity contribution in [1.82, 2.24) is 9.97 Å². The molecule has 3 nitrogen and oxygen atoms in total. The van der Waals surface area contributed by atoms with Gasteiger partial charge in [-0.2, -0.15) is 5.26 Å². The Kier molecular flexibility index (Phi) is 2.60. The predicted molar refractivity (Wildman–Crippen MR) is 72.5 cm³/mol. The highest BCUT2D eigenvalue weighted by Crippen LogP contribution is 2.50. The second-order valence-corrected chi connectivity index (χ2v) is 5.74. The smallest absolute Gasteiger partial charge is 0.147 e. The zero-order valence-corrected chi connectivity index (χ0v) is 11.1. The van der Waals surface area contributed by atoms with E-state index < -0.39 is 0 Å². The Morgan fingerprint density at radius 1 is 1.26 bits per heavy atom. The molecule has 0 bridgehead atoms. The summed E-state index contributed by atoms with van der Waals surface area (Å²) in [6, 6.07) is 10.7. The molecule has 1 atom stereocenters. The van der Waals surface area contributed by atoms with E-state index in [4.69, 9.17) is 0 Å². The number of hydrogen-bond donors (Lipinski definition) is 0. The molecule has 0 radical (unpaired) electrons. The van der Waals surface area contributed by atoms with E-state index in [2.05, 4.69) is 54.2 Å². The van der Waals surface area contributed by atoms with Crippen molar-refractivity contribution in [2.45, 2.75) is 26.2 Å². The topological polar surface area (TPSA) is 49.6 Å². The summed E-state index contributed by atoms with van der Waals surface area (Å²) < 4.78 is 0. The van der Waals surface area contributed by atoms with Gasteiger partial charge in [-0.05, 0) is 23.0 Å². The van der Waals surface area contributed by atoms with E-state index in [-0.39, 0.29) is 11.3 Å². The first kappa shape index (κ1) is 11.9. The Bertz CT molecular complexity index is 668. The average Bonchev–Trinajstić information content (AvgIpc) is 2.68. The van der Waals surface area contributed by atoms with Crippen molar-refractivity contribution >= 4 is 0 Å². The fourth-order valence-corrected chi connectivity index (χ4v) is 3.22. The maximum Gasteiger partial charge on any atom is 0.147 e. The minimum atomic E-state index is 0.0833. The molecule has 1 aromatic heterocycles. The maximum absolute atomic E-state index is 9.26. The monoisotopic (exact) mass is 249 g/mol. The quantitative estimate of drug-likeness (QED) is 0.780. The normalized spacial score (nSPS) is 19.7. The number of nitrogens with zero attached hydrogens (tertiary/aromatic N) is 3. The van der Waals surface area contributed by atoms with Crippen molar-refractivity contribution in [3.63, 3.8) is 0 Å². The van der Waals surface area contributed by atoms with E-state index in [0.29, 0.717) is 5.69 Å². The van der Waals surface area contributed by atoms with Crippen LogP contribution in [0, 0.1) is 16.7 Å². The third-order valence-corrected chi connectivity index (χ3v) is 3.95. The van der Waals surface area contributed by atoms with Crippen molar-refractivity contribution < 1.29 is 0 Å². The molecule has 94 valence electrons. The molecular formula is C16H15N3. The highest BCUT2D eigenvalue weighted by Gasteiger charge is 2.41. The lowest BCUT2D eigenvalue weighted by Gasteiger charge is -2.28. The van der Waals surface area contributed by atoms with Crippen LogP contribution in [0.1, 0.15) is 42.1 Å². The average molecular weight is 249 g/mol. The highest BCUT2D eigenvalue weighted by molar-refractivity contribution is 5.47. The molecule has 1 aliphatic rings. The molecule has 0 aliphatic heterocycles. The molecule has 0 fully saturated rings. The van der Waals surface area contributed by atoms with Gasteiger partial charge in [0.2, 0.25) is 0 Å². The van der Waals surface area contributed by atoms with Crippen molar-refractivity contribution in [3.8, 4) is 6.07 Å². The van der Waals surface area contributed by atoms with Crippen LogP contribution in [0.2, 0.25) is 0 Å². The Morgan fingerprint density at radius 3 is 2.84 bits per heavy atom. The maximum atomic E-state index is 9.26. The van der Waals surface area contributed by atoms with Crippen molar-refractivity contribution in [3.05, 3.63) is 59.2 Å². The number of rotatable bonds is 1. The van der Waals surface area contributed by atoms with Gasteiger partial charge in [0.1, 0.15) is 18.1 Å². The number of benzene rings is 1. The van der Waals surface area contributed by atoms with Gasteiger partial charge in [0.25, 0.3) is 0 Å². The molecule has 3 heteroatoms. The third kappa shape index (κ3) is 1.80. The second kappa shape index (κ2) is 4.17. The molecule has 3 rings (SSSR count). The Morgan fingerprint density at radius 2 is 2.05 bits per heavy atom. The Hall–Kier alpha value is -2.21. The highest BCUT2D eigenvalue weighted by atomic mass is 14.8.